The maximum atomic E-state index is 10.8. The molecule has 0 unspecified atom stereocenters. The van der Waals surface area contributed by atoms with Gasteiger partial charge >= 0.3 is 0 Å². The number of hydrogen-bond acceptors (Lipinski definition) is 1. The summed E-state index contributed by atoms with van der Waals surface area (Å²) in [6, 6.07) is 5.62. The molecular weight excluding hydrogens is 275 g/mol. The quantitative estimate of drug-likeness (QED) is 0.597. The van der Waals surface area contributed by atoms with E-state index < -0.39 is 0 Å². The second kappa shape index (κ2) is 5.47. The first-order chi connectivity index (χ1) is 7.04. The lowest BCUT2D eigenvalue weighted by molar-refractivity contribution is -0.105. The second-order valence-electron chi connectivity index (χ2n) is 3.59. The third-order valence-corrected chi connectivity index (χ3v) is 3.31. The third-order valence-electron chi connectivity index (χ3n) is 2.08. The third kappa shape index (κ3) is 3.47. The first kappa shape index (κ1) is 12.5. The van der Waals surface area contributed by atoms with E-state index in [9.17, 15) is 4.79 Å². The Labute approximate surface area is 103 Å². The molecule has 0 heterocycles. The van der Waals surface area contributed by atoms with Crippen molar-refractivity contribution in [2.75, 3.05) is 0 Å². The Kier molecular flexibility index (Phi) is 4.55. The van der Waals surface area contributed by atoms with Gasteiger partial charge < -0.3 is 0 Å². The molecule has 0 bridgehead atoms. The van der Waals surface area contributed by atoms with E-state index in [1.165, 1.54) is 0 Å². The standard InChI is InChI=1S/C12H12BrClO/c1-8(2)10(7-15)5-9-3-4-11(13)12(14)6-9/h3-8H,1-2H3/b10-5+. The molecule has 0 amide bonds. The Balaban J connectivity index is 3.07. The molecule has 1 rings (SSSR count). The Morgan fingerprint density at radius 1 is 1.47 bits per heavy atom. The number of halogens is 2. The van der Waals surface area contributed by atoms with Gasteiger partial charge in [-0.2, -0.15) is 0 Å². The van der Waals surface area contributed by atoms with Crippen molar-refractivity contribution in [3.63, 3.8) is 0 Å². The molecule has 0 N–H and O–H groups in total. The molecule has 0 saturated carbocycles. The Hall–Kier alpha value is -0.600. The van der Waals surface area contributed by atoms with Crippen LogP contribution >= 0.6 is 27.5 Å². The second-order valence-corrected chi connectivity index (χ2v) is 4.85. The Morgan fingerprint density at radius 3 is 2.60 bits per heavy atom. The fourth-order valence-electron chi connectivity index (χ4n) is 1.13. The normalized spacial score (nSPS) is 11.9. The molecular formula is C12H12BrClO. The highest BCUT2D eigenvalue weighted by Crippen LogP contribution is 2.24. The van der Waals surface area contributed by atoms with Crippen molar-refractivity contribution in [2.24, 2.45) is 5.92 Å². The van der Waals surface area contributed by atoms with E-state index in [1.807, 2.05) is 38.1 Å². The molecule has 0 radical (unpaired) electrons. The van der Waals surface area contributed by atoms with Gasteiger partial charge in [-0.15, -0.1) is 0 Å². The number of carbonyl (C=O) groups is 1. The SMILES string of the molecule is CC(C)/C(C=O)=C/c1ccc(Br)c(Cl)c1. The highest BCUT2D eigenvalue weighted by atomic mass is 79.9. The van der Waals surface area contributed by atoms with Crippen LogP contribution in [-0.4, -0.2) is 6.29 Å². The van der Waals surface area contributed by atoms with Gasteiger partial charge in [0.05, 0.1) is 5.02 Å². The molecule has 0 aliphatic heterocycles. The van der Waals surface area contributed by atoms with Crippen molar-refractivity contribution in [3.05, 3.63) is 38.8 Å². The van der Waals surface area contributed by atoms with Gasteiger partial charge in [-0.1, -0.05) is 31.5 Å². The van der Waals surface area contributed by atoms with Crippen LogP contribution in [-0.2, 0) is 4.79 Å². The summed E-state index contributed by atoms with van der Waals surface area (Å²) in [6.45, 7) is 3.97. The summed E-state index contributed by atoms with van der Waals surface area (Å²) in [7, 11) is 0. The van der Waals surface area contributed by atoms with Gasteiger partial charge in [-0.3, -0.25) is 4.79 Å². The van der Waals surface area contributed by atoms with E-state index in [2.05, 4.69) is 15.9 Å². The molecule has 0 aromatic heterocycles. The maximum Gasteiger partial charge on any atom is 0.146 e. The van der Waals surface area contributed by atoms with Gasteiger partial charge in [0, 0.05) is 4.47 Å². The molecule has 0 spiro atoms. The minimum Gasteiger partial charge on any atom is -0.298 e. The molecule has 1 aromatic rings. The zero-order chi connectivity index (χ0) is 11.4. The van der Waals surface area contributed by atoms with Crippen molar-refractivity contribution in [2.45, 2.75) is 13.8 Å². The van der Waals surface area contributed by atoms with Crippen LogP contribution in [0, 0.1) is 5.92 Å². The van der Waals surface area contributed by atoms with Gasteiger partial charge in [0.15, 0.2) is 0 Å². The highest BCUT2D eigenvalue weighted by Gasteiger charge is 2.03. The van der Waals surface area contributed by atoms with Crippen LogP contribution in [0.15, 0.2) is 28.2 Å². The van der Waals surface area contributed by atoms with Crippen LogP contribution in [0.5, 0.6) is 0 Å². The van der Waals surface area contributed by atoms with Crippen LogP contribution in [0.4, 0.5) is 0 Å². The summed E-state index contributed by atoms with van der Waals surface area (Å²) >= 11 is 9.27. The van der Waals surface area contributed by atoms with Crippen molar-refractivity contribution in [1.82, 2.24) is 0 Å². The van der Waals surface area contributed by atoms with Crippen molar-refractivity contribution in [3.8, 4) is 0 Å². The van der Waals surface area contributed by atoms with Crippen molar-refractivity contribution in [1.29, 1.82) is 0 Å². The lowest BCUT2D eigenvalue weighted by atomic mass is 10.0. The van der Waals surface area contributed by atoms with E-state index in [1.54, 1.807) is 0 Å². The predicted molar refractivity (Wildman–Crippen MR) is 68.0 cm³/mol. The molecule has 1 aromatic carbocycles. The van der Waals surface area contributed by atoms with Crippen LogP contribution in [0.2, 0.25) is 5.02 Å². The maximum absolute atomic E-state index is 10.8. The Bertz CT molecular complexity index is 397. The monoisotopic (exact) mass is 286 g/mol. The molecule has 15 heavy (non-hydrogen) atoms. The zero-order valence-corrected chi connectivity index (χ0v) is 11.0. The molecule has 0 aliphatic rings. The van der Waals surface area contributed by atoms with Crippen molar-refractivity contribution < 1.29 is 4.79 Å². The van der Waals surface area contributed by atoms with Crippen LogP contribution in [0.25, 0.3) is 6.08 Å². The van der Waals surface area contributed by atoms with E-state index in [0.29, 0.717) is 5.02 Å². The summed E-state index contributed by atoms with van der Waals surface area (Å²) in [6.07, 6.45) is 2.75. The van der Waals surface area contributed by atoms with Gasteiger partial charge in [0.1, 0.15) is 6.29 Å². The van der Waals surface area contributed by atoms with Gasteiger partial charge in [-0.25, -0.2) is 0 Å². The number of rotatable bonds is 3. The predicted octanol–water partition coefficient (Wildman–Crippen LogP) is 4.34. The lowest BCUT2D eigenvalue weighted by Gasteiger charge is -2.04. The molecule has 0 fully saturated rings. The number of carbonyl (C=O) groups excluding carboxylic acids is 1. The summed E-state index contributed by atoms with van der Waals surface area (Å²) in [5.41, 5.74) is 1.72. The lowest BCUT2D eigenvalue weighted by Crippen LogP contribution is -1.94. The minimum absolute atomic E-state index is 0.227. The number of benzene rings is 1. The van der Waals surface area contributed by atoms with Crippen molar-refractivity contribution >= 4 is 39.9 Å². The van der Waals surface area contributed by atoms with Gasteiger partial charge in [-0.05, 0) is 51.2 Å². The average Bonchev–Trinajstić information content (AvgIpc) is 2.19. The average molecular weight is 288 g/mol. The molecule has 0 saturated heterocycles. The van der Waals surface area contributed by atoms with E-state index >= 15 is 0 Å². The first-order valence-electron chi connectivity index (χ1n) is 4.66. The van der Waals surface area contributed by atoms with E-state index in [0.717, 1.165) is 21.9 Å². The number of aldehydes is 1. The van der Waals surface area contributed by atoms with E-state index in [-0.39, 0.29) is 5.92 Å². The molecule has 3 heteroatoms. The topological polar surface area (TPSA) is 17.1 Å². The highest BCUT2D eigenvalue weighted by molar-refractivity contribution is 9.10. The summed E-state index contributed by atoms with van der Waals surface area (Å²) in [4.78, 5) is 10.8. The smallest absolute Gasteiger partial charge is 0.146 e. The molecule has 1 nitrogen and oxygen atoms in total. The summed E-state index contributed by atoms with van der Waals surface area (Å²) < 4.78 is 0.860. The van der Waals surface area contributed by atoms with Crippen LogP contribution in [0.1, 0.15) is 19.4 Å². The summed E-state index contributed by atoms with van der Waals surface area (Å²) in [5, 5.41) is 0.651. The fourth-order valence-corrected chi connectivity index (χ4v) is 1.57. The minimum atomic E-state index is 0.227. The first-order valence-corrected chi connectivity index (χ1v) is 5.83. The summed E-state index contributed by atoms with van der Waals surface area (Å²) in [5.74, 6) is 0.227. The fraction of sp³-hybridized carbons (Fsp3) is 0.250. The van der Waals surface area contributed by atoms with Gasteiger partial charge in [0.25, 0.3) is 0 Å². The number of hydrogen-bond donors (Lipinski definition) is 0. The zero-order valence-electron chi connectivity index (χ0n) is 8.63. The largest absolute Gasteiger partial charge is 0.298 e. The van der Waals surface area contributed by atoms with Gasteiger partial charge in [0.2, 0.25) is 0 Å². The molecule has 80 valence electrons. The van der Waals surface area contributed by atoms with Crippen LogP contribution < -0.4 is 0 Å². The molecule has 0 aliphatic carbocycles. The van der Waals surface area contributed by atoms with Crippen LogP contribution in [0.3, 0.4) is 0 Å². The molecule has 0 atom stereocenters. The Morgan fingerprint density at radius 2 is 2.13 bits per heavy atom. The van der Waals surface area contributed by atoms with E-state index in [4.69, 9.17) is 11.6 Å². The number of allylic oxidation sites excluding steroid dienone is 1.